The van der Waals surface area contributed by atoms with Gasteiger partial charge in [0.15, 0.2) is 0 Å². The smallest absolute Gasteiger partial charge is 0.115 e. The summed E-state index contributed by atoms with van der Waals surface area (Å²) < 4.78 is 0.878. The Labute approximate surface area is 107 Å². The van der Waals surface area contributed by atoms with E-state index in [2.05, 4.69) is 31.2 Å². The van der Waals surface area contributed by atoms with Crippen molar-refractivity contribution in [3.8, 4) is 0 Å². The molecule has 0 aliphatic heterocycles. The molecule has 0 bridgehead atoms. The second-order valence-electron chi connectivity index (χ2n) is 3.23. The van der Waals surface area contributed by atoms with E-state index >= 15 is 0 Å². The maximum Gasteiger partial charge on any atom is 0.115 e. The minimum atomic E-state index is 0.689. The molecule has 2 rings (SSSR count). The minimum Gasteiger partial charge on any atom is -0.381 e. The van der Waals surface area contributed by atoms with Crippen molar-refractivity contribution in [1.82, 2.24) is 9.97 Å². The highest BCUT2D eigenvalue weighted by Crippen LogP contribution is 2.25. The molecule has 16 heavy (non-hydrogen) atoms. The van der Waals surface area contributed by atoms with E-state index in [-0.39, 0.29) is 0 Å². The lowest BCUT2D eigenvalue weighted by Gasteiger charge is -2.06. The summed E-state index contributed by atoms with van der Waals surface area (Å²) in [5.74, 6) is 0. The van der Waals surface area contributed by atoms with Crippen LogP contribution in [-0.2, 0) is 6.54 Å². The first-order valence-corrected chi connectivity index (χ1v) is 5.85. The zero-order valence-corrected chi connectivity index (χ0v) is 10.7. The van der Waals surface area contributed by atoms with Crippen LogP contribution in [0, 0.1) is 0 Å². The van der Waals surface area contributed by atoms with Gasteiger partial charge in [0.2, 0.25) is 0 Å². The van der Waals surface area contributed by atoms with Crippen LogP contribution in [0.5, 0.6) is 0 Å². The summed E-state index contributed by atoms with van der Waals surface area (Å²) in [6, 6.07) is 5.71. The Hall–Kier alpha value is -1.13. The van der Waals surface area contributed by atoms with Crippen LogP contribution in [0.2, 0.25) is 5.02 Å². The molecule has 82 valence electrons. The van der Waals surface area contributed by atoms with E-state index in [4.69, 9.17) is 11.6 Å². The third-order valence-corrected chi connectivity index (χ3v) is 3.24. The SMILES string of the molecule is Clc1ccc(NCc2cncnc2)cc1Br. The van der Waals surface area contributed by atoms with Crippen LogP contribution in [0.1, 0.15) is 5.56 Å². The summed E-state index contributed by atoms with van der Waals surface area (Å²) in [6.07, 6.45) is 5.08. The Morgan fingerprint density at radius 1 is 1.25 bits per heavy atom. The van der Waals surface area contributed by atoms with Gasteiger partial charge in [-0.1, -0.05) is 11.6 Å². The fourth-order valence-electron chi connectivity index (χ4n) is 1.23. The second kappa shape index (κ2) is 5.27. The molecule has 0 unspecified atom stereocenters. The summed E-state index contributed by atoms with van der Waals surface area (Å²) in [5.41, 5.74) is 2.04. The van der Waals surface area contributed by atoms with Gasteiger partial charge in [0, 0.05) is 34.7 Å². The number of hydrogen-bond acceptors (Lipinski definition) is 3. The molecule has 0 saturated heterocycles. The molecule has 1 heterocycles. The number of nitrogens with one attached hydrogen (secondary N) is 1. The van der Waals surface area contributed by atoms with Gasteiger partial charge in [-0.15, -0.1) is 0 Å². The molecular formula is C11H9BrClN3. The molecule has 0 spiro atoms. The normalized spacial score (nSPS) is 10.1. The van der Waals surface area contributed by atoms with Gasteiger partial charge in [0.1, 0.15) is 6.33 Å². The standard InChI is InChI=1S/C11H9BrClN3/c12-10-3-9(1-2-11(10)13)16-6-8-4-14-7-15-5-8/h1-5,7,16H,6H2. The summed E-state index contributed by atoms with van der Waals surface area (Å²) in [7, 11) is 0. The quantitative estimate of drug-likeness (QED) is 0.942. The summed E-state index contributed by atoms with van der Waals surface area (Å²) in [5, 5.41) is 3.96. The average molecular weight is 299 g/mol. The number of anilines is 1. The average Bonchev–Trinajstić information content (AvgIpc) is 2.32. The van der Waals surface area contributed by atoms with Gasteiger partial charge < -0.3 is 5.32 Å². The highest BCUT2D eigenvalue weighted by molar-refractivity contribution is 9.10. The molecule has 0 amide bonds. The molecule has 0 atom stereocenters. The fraction of sp³-hybridized carbons (Fsp3) is 0.0909. The molecular weight excluding hydrogens is 289 g/mol. The topological polar surface area (TPSA) is 37.8 Å². The van der Waals surface area contributed by atoms with Crippen molar-refractivity contribution in [2.45, 2.75) is 6.54 Å². The molecule has 0 saturated carbocycles. The van der Waals surface area contributed by atoms with E-state index in [1.807, 2.05) is 18.2 Å². The van der Waals surface area contributed by atoms with Crippen LogP contribution in [0.3, 0.4) is 0 Å². The van der Waals surface area contributed by atoms with Crippen LogP contribution < -0.4 is 5.32 Å². The van der Waals surface area contributed by atoms with Gasteiger partial charge in [0.05, 0.1) is 5.02 Å². The van der Waals surface area contributed by atoms with E-state index in [1.54, 1.807) is 12.4 Å². The molecule has 0 radical (unpaired) electrons. The Kier molecular flexibility index (Phi) is 3.74. The van der Waals surface area contributed by atoms with Gasteiger partial charge in [0.25, 0.3) is 0 Å². The van der Waals surface area contributed by atoms with E-state index < -0.39 is 0 Å². The first-order valence-electron chi connectivity index (χ1n) is 4.68. The van der Waals surface area contributed by atoms with Gasteiger partial charge >= 0.3 is 0 Å². The van der Waals surface area contributed by atoms with Crippen molar-refractivity contribution in [2.75, 3.05) is 5.32 Å². The molecule has 0 aliphatic carbocycles. The Morgan fingerprint density at radius 3 is 2.69 bits per heavy atom. The van der Waals surface area contributed by atoms with Gasteiger partial charge in [-0.25, -0.2) is 9.97 Å². The molecule has 3 nitrogen and oxygen atoms in total. The maximum absolute atomic E-state index is 5.90. The summed E-state index contributed by atoms with van der Waals surface area (Å²) in [4.78, 5) is 7.89. The lowest BCUT2D eigenvalue weighted by molar-refractivity contribution is 1.05. The zero-order valence-electron chi connectivity index (χ0n) is 8.32. The molecule has 0 aliphatic rings. The van der Waals surface area contributed by atoms with Crippen molar-refractivity contribution < 1.29 is 0 Å². The number of nitrogens with zero attached hydrogens (tertiary/aromatic N) is 2. The fourth-order valence-corrected chi connectivity index (χ4v) is 1.73. The van der Waals surface area contributed by atoms with Crippen LogP contribution in [0.15, 0.2) is 41.4 Å². The number of aromatic nitrogens is 2. The van der Waals surface area contributed by atoms with Crippen LogP contribution >= 0.6 is 27.5 Å². The molecule has 1 aromatic carbocycles. The van der Waals surface area contributed by atoms with E-state index in [1.165, 1.54) is 6.33 Å². The predicted octanol–water partition coefficient (Wildman–Crippen LogP) is 3.50. The molecule has 0 fully saturated rings. The first kappa shape index (κ1) is 11.4. The van der Waals surface area contributed by atoms with Gasteiger partial charge in [-0.2, -0.15) is 0 Å². The van der Waals surface area contributed by atoms with Crippen LogP contribution in [-0.4, -0.2) is 9.97 Å². The Bertz CT molecular complexity index is 476. The van der Waals surface area contributed by atoms with E-state index in [0.29, 0.717) is 11.6 Å². The molecule has 5 heteroatoms. The van der Waals surface area contributed by atoms with Crippen molar-refractivity contribution >= 4 is 33.2 Å². The second-order valence-corrected chi connectivity index (χ2v) is 4.49. The monoisotopic (exact) mass is 297 g/mol. The third-order valence-electron chi connectivity index (χ3n) is 2.03. The van der Waals surface area contributed by atoms with Crippen molar-refractivity contribution in [3.05, 3.63) is 52.0 Å². The highest BCUT2D eigenvalue weighted by Gasteiger charge is 1.99. The van der Waals surface area contributed by atoms with Crippen molar-refractivity contribution in [1.29, 1.82) is 0 Å². The van der Waals surface area contributed by atoms with Crippen LogP contribution in [0.25, 0.3) is 0 Å². The highest BCUT2D eigenvalue weighted by atomic mass is 79.9. The minimum absolute atomic E-state index is 0.689. The number of hydrogen-bond donors (Lipinski definition) is 1. The van der Waals surface area contributed by atoms with Gasteiger partial charge in [-0.05, 0) is 34.1 Å². The lowest BCUT2D eigenvalue weighted by Crippen LogP contribution is -2.00. The summed E-state index contributed by atoms with van der Waals surface area (Å²) in [6.45, 7) is 0.689. The first-order chi connectivity index (χ1) is 7.75. The zero-order chi connectivity index (χ0) is 11.4. The molecule has 2 aromatic rings. The molecule has 1 N–H and O–H groups in total. The Morgan fingerprint density at radius 2 is 2.00 bits per heavy atom. The molecule has 1 aromatic heterocycles. The number of rotatable bonds is 3. The third kappa shape index (κ3) is 2.93. The number of halogens is 2. The van der Waals surface area contributed by atoms with E-state index in [0.717, 1.165) is 15.7 Å². The van der Waals surface area contributed by atoms with Crippen molar-refractivity contribution in [2.24, 2.45) is 0 Å². The van der Waals surface area contributed by atoms with E-state index in [9.17, 15) is 0 Å². The van der Waals surface area contributed by atoms with Gasteiger partial charge in [-0.3, -0.25) is 0 Å². The maximum atomic E-state index is 5.90. The largest absolute Gasteiger partial charge is 0.381 e. The summed E-state index contributed by atoms with van der Waals surface area (Å²) >= 11 is 9.28. The van der Waals surface area contributed by atoms with Crippen LogP contribution in [0.4, 0.5) is 5.69 Å². The number of benzene rings is 1. The lowest BCUT2D eigenvalue weighted by atomic mass is 10.3. The Balaban J connectivity index is 2.03. The predicted molar refractivity (Wildman–Crippen MR) is 68.5 cm³/mol. The van der Waals surface area contributed by atoms with Crippen molar-refractivity contribution in [3.63, 3.8) is 0 Å².